The molecule has 108 valence electrons. The maximum Gasteiger partial charge on any atom is 0.252 e. The number of amides is 1. The number of azide groups is 1. The van der Waals surface area contributed by atoms with E-state index in [1.807, 2.05) is 37.3 Å². The van der Waals surface area contributed by atoms with Crippen LogP contribution in [-0.4, -0.2) is 23.4 Å². The molecule has 0 saturated carbocycles. The molecule has 1 aliphatic heterocycles. The van der Waals surface area contributed by atoms with Gasteiger partial charge in [0.25, 0.3) is 5.91 Å². The second-order valence-electron chi connectivity index (χ2n) is 4.86. The Balaban J connectivity index is 2.35. The van der Waals surface area contributed by atoms with Crippen molar-refractivity contribution >= 4 is 5.91 Å². The van der Waals surface area contributed by atoms with Gasteiger partial charge >= 0.3 is 0 Å². The molecule has 1 aromatic rings. The monoisotopic (exact) mass is 282 g/mol. The second kappa shape index (κ2) is 6.77. The highest BCUT2D eigenvalue weighted by atomic mass is 16.2. The van der Waals surface area contributed by atoms with Gasteiger partial charge < -0.3 is 4.90 Å². The van der Waals surface area contributed by atoms with Gasteiger partial charge in [-0.05, 0) is 17.5 Å². The zero-order valence-electron chi connectivity index (χ0n) is 12.0. The molecule has 5 nitrogen and oxygen atoms in total. The molecule has 0 aliphatic carbocycles. The minimum absolute atomic E-state index is 0.0182. The molecule has 1 aliphatic rings. The third kappa shape index (κ3) is 2.98. The lowest BCUT2D eigenvalue weighted by atomic mass is 9.86. The van der Waals surface area contributed by atoms with Crippen molar-refractivity contribution in [3.05, 3.63) is 70.6 Å². The van der Waals surface area contributed by atoms with Gasteiger partial charge in [-0.3, -0.25) is 4.79 Å². The predicted octanol–water partition coefficient (Wildman–Crippen LogP) is 3.77. The number of rotatable bonds is 6. The minimum Gasteiger partial charge on any atom is -0.324 e. The topological polar surface area (TPSA) is 69.1 Å². The Kier molecular flexibility index (Phi) is 4.80. The average Bonchev–Trinajstić information content (AvgIpc) is 2.53. The highest BCUT2D eigenvalue weighted by Gasteiger charge is 2.42. The van der Waals surface area contributed by atoms with Crippen molar-refractivity contribution in [2.75, 3.05) is 6.54 Å². The van der Waals surface area contributed by atoms with Crippen molar-refractivity contribution in [3.8, 4) is 0 Å². The Hall–Kier alpha value is -2.52. The molecule has 1 fully saturated rings. The van der Waals surface area contributed by atoms with Crippen molar-refractivity contribution in [1.82, 2.24) is 4.90 Å². The van der Waals surface area contributed by atoms with E-state index in [1.165, 1.54) is 0 Å². The third-order valence-electron chi connectivity index (χ3n) is 3.55. The number of benzene rings is 1. The molecule has 0 bridgehead atoms. The van der Waals surface area contributed by atoms with Crippen molar-refractivity contribution in [3.63, 3.8) is 0 Å². The number of carbonyl (C=O) groups excluding carboxylic acids is 1. The summed E-state index contributed by atoms with van der Waals surface area (Å²) in [5.41, 5.74) is 10.3. The van der Waals surface area contributed by atoms with Crippen LogP contribution in [-0.2, 0) is 4.79 Å². The van der Waals surface area contributed by atoms with E-state index in [0.29, 0.717) is 18.5 Å². The van der Waals surface area contributed by atoms with Crippen molar-refractivity contribution in [2.24, 2.45) is 5.11 Å². The Morgan fingerprint density at radius 3 is 2.76 bits per heavy atom. The SMILES string of the molecule is C=CCN1C(=O)/C(=C/[C@@H](CC)N=[N+]=[N-])[C@@H]1c1ccccc1. The summed E-state index contributed by atoms with van der Waals surface area (Å²) >= 11 is 0. The quantitative estimate of drug-likeness (QED) is 0.195. The first-order chi connectivity index (χ1) is 10.2. The summed E-state index contributed by atoms with van der Waals surface area (Å²) < 4.78 is 0. The molecule has 2 atom stereocenters. The van der Waals surface area contributed by atoms with E-state index >= 15 is 0 Å². The van der Waals surface area contributed by atoms with E-state index in [-0.39, 0.29) is 18.0 Å². The van der Waals surface area contributed by atoms with Crippen LogP contribution >= 0.6 is 0 Å². The van der Waals surface area contributed by atoms with Gasteiger partial charge in [0.15, 0.2) is 0 Å². The number of likely N-dealkylation sites (tertiary alicyclic amines) is 1. The van der Waals surface area contributed by atoms with Crippen LogP contribution in [0, 0.1) is 0 Å². The number of carbonyl (C=O) groups is 1. The van der Waals surface area contributed by atoms with Crippen LogP contribution in [0.25, 0.3) is 10.4 Å². The second-order valence-corrected chi connectivity index (χ2v) is 4.86. The van der Waals surface area contributed by atoms with Crippen LogP contribution in [0.4, 0.5) is 0 Å². The molecule has 1 heterocycles. The number of hydrogen-bond donors (Lipinski definition) is 0. The lowest BCUT2D eigenvalue weighted by molar-refractivity contribution is -0.136. The first-order valence-electron chi connectivity index (χ1n) is 6.95. The lowest BCUT2D eigenvalue weighted by Gasteiger charge is -2.43. The molecule has 21 heavy (non-hydrogen) atoms. The van der Waals surface area contributed by atoms with Crippen LogP contribution in [0.5, 0.6) is 0 Å². The fourth-order valence-electron chi connectivity index (χ4n) is 2.49. The van der Waals surface area contributed by atoms with Crippen LogP contribution in [0.1, 0.15) is 24.9 Å². The van der Waals surface area contributed by atoms with E-state index in [1.54, 1.807) is 17.1 Å². The first-order valence-corrected chi connectivity index (χ1v) is 6.95. The van der Waals surface area contributed by atoms with Gasteiger partial charge in [0, 0.05) is 17.0 Å². The zero-order chi connectivity index (χ0) is 15.2. The summed E-state index contributed by atoms with van der Waals surface area (Å²) in [4.78, 5) is 16.9. The van der Waals surface area contributed by atoms with Gasteiger partial charge in [-0.25, -0.2) is 0 Å². The highest BCUT2D eigenvalue weighted by molar-refractivity contribution is 6.02. The summed E-state index contributed by atoms with van der Waals surface area (Å²) in [7, 11) is 0. The summed E-state index contributed by atoms with van der Waals surface area (Å²) in [5.74, 6) is -0.0182. The molecular weight excluding hydrogens is 264 g/mol. The van der Waals surface area contributed by atoms with Gasteiger partial charge in [-0.2, -0.15) is 0 Å². The molecule has 2 rings (SSSR count). The number of hydrogen-bond acceptors (Lipinski definition) is 2. The van der Waals surface area contributed by atoms with E-state index in [0.717, 1.165) is 5.56 Å². The molecule has 1 aromatic carbocycles. The van der Waals surface area contributed by atoms with Gasteiger partial charge in [0.2, 0.25) is 0 Å². The molecule has 1 amide bonds. The smallest absolute Gasteiger partial charge is 0.252 e. The van der Waals surface area contributed by atoms with Crippen molar-refractivity contribution < 1.29 is 4.79 Å². The summed E-state index contributed by atoms with van der Waals surface area (Å²) in [6.07, 6.45) is 4.18. The summed E-state index contributed by atoms with van der Waals surface area (Å²) in [6.45, 7) is 6.13. The van der Waals surface area contributed by atoms with Gasteiger partial charge in [0.1, 0.15) is 0 Å². The first kappa shape index (κ1) is 14.9. The molecule has 0 unspecified atom stereocenters. The average molecular weight is 282 g/mol. The molecule has 1 saturated heterocycles. The summed E-state index contributed by atoms with van der Waals surface area (Å²) in [6, 6.07) is 9.47. The standard InChI is InChI=1S/C16H18N4O/c1-3-10-20-15(12-8-6-5-7-9-12)14(16(20)21)11-13(4-2)18-19-17/h3,5-9,11,13,15H,1,4,10H2,2H3/b14-11+/t13-,15+/m1/s1. The minimum atomic E-state index is -0.286. The van der Waals surface area contributed by atoms with Crippen LogP contribution in [0.2, 0.25) is 0 Å². The number of β-lactam (4-membered cyclic amide) rings is 1. The lowest BCUT2D eigenvalue weighted by Crippen LogP contribution is -2.49. The van der Waals surface area contributed by atoms with Crippen molar-refractivity contribution in [1.29, 1.82) is 0 Å². The molecule has 0 spiro atoms. The van der Waals surface area contributed by atoms with Gasteiger partial charge in [-0.1, -0.05) is 54.5 Å². The molecule has 0 radical (unpaired) electrons. The Bertz CT molecular complexity index is 602. The third-order valence-corrected chi connectivity index (χ3v) is 3.55. The zero-order valence-corrected chi connectivity index (χ0v) is 12.0. The Labute approximate surface area is 124 Å². The van der Waals surface area contributed by atoms with E-state index in [2.05, 4.69) is 16.6 Å². The molecular formula is C16H18N4O. The van der Waals surface area contributed by atoms with Gasteiger partial charge in [-0.15, -0.1) is 6.58 Å². The van der Waals surface area contributed by atoms with E-state index < -0.39 is 0 Å². The maximum absolute atomic E-state index is 12.3. The molecule has 5 heteroatoms. The predicted molar refractivity (Wildman–Crippen MR) is 82.4 cm³/mol. The van der Waals surface area contributed by atoms with E-state index in [9.17, 15) is 4.79 Å². The number of nitrogens with zero attached hydrogens (tertiary/aromatic N) is 4. The van der Waals surface area contributed by atoms with Crippen LogP contribution in [0.15, 0.2) is 59.8 Å². The molecule has 0 N–H and O–H groups in total. The molecule has 0 aromatic heterocycles. The van der Waals surface area contributed by atoms with E-state index in [4.69, 9.17) is 5.53 Å². The Morgan fingerprint density at radius 2 is 2.19 bits per heavy atom. The Morgan fingerprint density at radius 1 is 1.48 bits per heavy atom. The normalized spacial score (nSPS) is 20.6. The van der Waals surface area contributed by atoms with Crippen molar-refractivity contribution in [2.45, 2.75) is 25.4 Å². The van der Waals surface area contributed by atoms with Gasteiger partial charge in [0.05, 0.1) is 12.1 Å². The highest BCUT2D eigenvalue weighted by Crippen LogP contribution is 2.39. The fraction of sp³-hybridized carbons (Fsp3) is 0.312. The summed E-state index contributed by atoms with van der Waals surface area (Å²) in [5, 5.41) is 3.71. The fourth-order valence-corrected chi connectivity index (χ4v) is 2.49. The maximum atomic E-state index is 12.3. The van der Waals surface area contributed by atoms with Crippen LogP contribution in [0.3, 0.4) is 0 Å². The van der Waals surface area contributed by atoms with Crippen LogP contribution < -0.4 is 0 Å². The largest absolute Gasteiger partial charge is 0.324 e.